The number of nitrogens with zero attached hydrogens (tertiary/aromatic N) is 1. The van der Waals surface area contributed by atoms with Crippen LogP contribution in [0.5, 0.6) is 0 Å². The van der Waals surface area contributed by atoms with Gasteiger partial charge in [0.15, 0.2) is 0 Å². The Hall–Kier alpha value is -1.45. The van der Waals surface area contributed by atoms with Gasteiger partial charge in [-0.3, -0.25) is 4.98 Å². The summed E-state index contributed by atoms with van der Waals surface area (Å²) in [5.41, 5.74) is 1.26. The normalized spacial score (nSPS) is 12.4. The largest absolute Gasteiger partial charge is 0.386 e. The molecule has 1 atom stereocenters. The monoisotopic (exact) mass is 251 g/mol. The number of benzene rings is 1. The van der Waals surface area contributed by atoms with Crippen molar-refractivity contribution in [2.24, 2.45) is 0 Å². The number of halogens is 2. The lowest BCUT2D eigenvalue weighted by molar-refractivity contribution is 0.173. The Labute approximate surface area is 104 Å². The number of aliphatic hydroxyl groups excluding tert-OH is 1. The predicted molar refractivity (Wildman–Crippen MR) is 64.3 cm³/mol. The molecular formula is C13H11ClFNO. The summed E-state index contributed by atoms with van der Waals surface area (Å²) in [6.45, 7) is 0. The third-order valence-corrected chi connectivity index (χ3v) is 2.63. The minimum Gasteiger partial charge on any atom is -0.386 e. The lowest BCUT2D eigenvalue weighted by atomic mass is 10.1. The second-order valence-electron chi connectivity index (χ2n) is 3.75. The first-order chi connectivity index (χ1) is 8.15. The highest BCUT2D eigenvalue weighted by Crippen LogP contribution is 2.18. The molecule has 0 spiro atoms. The molecule has 0 bridgehead atoms. The van der Waals surface area contributed by atoms with Crippen LogP contribution in [0.1, 0.15) is 17.4 Å². The number of hydrogen-bond donors (Lipinski definition) is 1. The van der Waals surface area contributed by atoms with Crippen LogP contribution in [0.2, 0.25) is 5.02 Å². The van der Waals surface area contributed by atoms with Gasteiger partial charge >= 0.3 is 0 Å². The molecule has 4 heteroatoms. The lowest BCUT2D eigenvalue weighted by Gasteiger charge is -2.10. The number of hydrogen-bond acceptors (Lipinski definition) is 2. The Morgan fingerprint density at radius 3 is 2.76 bits per heavy atom. The van der Waals surface area contributed by atoms with Gasteiger partial charge in [0.25, 0.3) is 0 Å². The van der Waals surface area contributed by atoms with Crippen molar-refractivity contribution in [2.75, 3.05) is 0 Å². The van der Waals surface area contributed by atoms with Crippen molar-refractivity contribution >= 4 is 11.6 Å². The topological polar surface area (TPSA) is 33.1 Å². The average molecular weight is 252 g/mol. The van der Waals surface area contributed by atoms with Gasteiger partial charge in [-0.2, -0.15) is 0 Å². The summed E-state index contributed by atoms with van der Waals surface area (Å²) in [5, 5.41) is 10.4. The van der Waals surface area contributed by atoms with Crippen molar-refractivity contribution in [1.29, 1.82) is 0 Å². The Morgan fingerprint density at radius 1 is 1.29 bits per heavy atom. The SMILES string of the molecule is OC(Cc1cccc(F)c1)c1ccc(Cl)cn1. The fourth-order valence-electron chi connectivity index (χ4n) is 1.58. The molecular weight excluding hydrogens is 241 g/mol. The molecule has 1 unspecified atom stereocenters. The Balaban J connectivity index is 2.11. The quantitative estimate of drug-likeness (QED) is 0.909. The second-order valence-corrected chi connectivity index (χ2v) is 4.19. The van der Waals surface area contributed by atoms with Crippen LogP contribution in [0.4, 0.5) is 4.39 Å². The molecule has 88 valence electrons. The van der Waals surface area contributed by atoms with Gasteiger partial charge in [-0.25, -0.2) is 4.39 Å². The van der Waals surface area contributed by atoms with E-state index >= 15 is 0 Å². The van der Waals surface area contributed by atoms with Crippen molar-refractivity contribution in [3.8, 4) is 0 Å². The first-order valence-electron chi connectivity index (χ1n) is 5.19. The molecule has 0 aliphatic carbocycles. The van der Waals surface area contributed by atoms with Crippen molar-refractivity contribution in [3.05, 3.63) is 64.7 Å². The van der Waals surface area contributed by atoms with Gasteiger partial charge < -0.3 is 5.11 Å². The van der Waals surface area contributed by atoms with Gasteiger partial charge in [-0.05, 0) is 29.8 Å². The third-order valence-electron chi connectivity index (χ3n) is 2.41. The summed E-state index contributed by atoms with van der Waals surface area (Å²) in [6.07, 6.45) is 1.05. The summed E-state index contributed by atoms with van der Waals surface area (Å²) in [5.74, 6) is -0.307. The maximum Gasteiger partial charge on any atom is 0.123 e. The van der Waals surface area contributed by atoms with Crippen molar-refractivity contribution in [1.82, 2.24) is 4.98 Å². The minimum absolute atomic E-state index is 0.307. The minimum atomic E-state index is -0.755. The van der Waals surface area contributed by atoms with E-state index in [1.54, 1.807) is 24.3 Å². The standard InChI is InChI=1S/C13H11ClFNO/c14-10-4-5-12(16-8-10)13(17)7-9-2-1-3-11(15)6-9/h1-6,8,13,17H,7H2. The van der Waals surface area contributed by atoms with E-state index in [1.807, 2.05) is 0 Å². The van der Waals surface area contributed by atoms with E-state index < -0.39 is 6.10 Å². The molecule has 0 radical (unpaired) electrons. The van der Waals surface area contributed by atoms with Crippen LogP contribution in [-0.2, 0) is 6.42 Å². The zero-order chi connectivity index (χ0) is 12.3. The molecule has 0 amide bonds. The fraction of sp³-hybridized carbons (Fsp3) is 0.154. The van der Waals surface area contributed by atoms with E-state index in [0.717, 1.165) is 5.56 Å². The maximum absolute atomic E-state index is 13.0. The summed E-state index contributed by atoms with van der Waals surface area (Å²) < 4.78 is 13.0. The third kappa shape index (κ3) is 3.25. The number of pyridine rings is 1. The average Bonchev–Trinajstić information content (AvgIpc) is 2.29. The van der Waals surface area contributed by atoms with E-state index in [1.165, 1.54) is 18.3 Å². The molecule has 17 heavy (non-hydrogen) atoms. The Kier molecular flexibility index (Phi) is 3.71. The molecule has 0 saturated carbocycles. The van der Waals surface area contributed by atoms with Crippen LogP contribution < -0.4 is 0 Å². The van der Waals surface area contributed by atoms with Crippen LogP contribution in [0.15, 0.2) is 42.6 Å². The van der Waals surface area contributed by atoms with Crippen LogP contribution in [0.25, 0.3) is 0 Å². The Bertz CT molecular complexity index is 501. The Morgan fingerprint density at radius 2 is 2.12 bits per heavy atom. The summed E-state index contributed by atoms with van der Waals surface area (Å²) in [4.78, 5) is 4.02. The van der Waals surface area contributed by atoms with Crippen molar-refractivity contribution < 1.29 is 9.50 Å². The first kappa shape index (κ1) is 12.0. The predicted octanol–water partition coefficient (Wildman–Crippen LogP) is 3.15. The molecule has 2 nitrogen and oxygen atoms in total. The van der Waals surface area contributed by atoms with E-state index in [2.05, 4.69) is 4.98 Å². The van der Waals surface area contributed by atoms with Gasteiger partial charge in [0.1, 0.15) is 5.82 Å². The van der Waals surface area contributed by atoms with Gasteiger partial charge in [-0.15, -0.1) is 0 Å². The molecule has 1 heterocycles. The van der Waals surface area contributed by atoms with Crippen LogP contribution in [-0.4, -0.2) is 10.1 Å². The van der Waals surface area contributed by atoms with E-state index in [-0.39, 0.29) is 5.82 Å². The number of rotatable bonds is 3. The molecule has 1 N–H and O–H groups in total. The summed E-state index contributed by atoms with van der Waals surface area (Å²) in [6, 6.07) is 9.48. The van der Waals surface area contributed by atoms with Crippen molar-refractivity contribution in [2.45, 2.75) is 12.5 Å². The smallest absolute Gasteiger partial charge is 0.123 e. The van der Waals surface area contributed by atoms with Crippen LogP contribution in [0, 0.1) is 5.82 Å². The van der Waals surface area contributed by atoms with Crippen LogP contribution >= 0.6 is 11.6 Å². The van der Waals surface area contributed by atoms with Crippen molar-refractivity contribution in [3.63, 3.8) is 0 Å². The number of aliphatic hydroxyl groups is 1. The van der Waals surface area contributed by atoms with Gasteiger partial charge in [0.05, 0.1) is 16.8 Å². The van der Waals surface area contributed by atoms with E-state index in [4.69, 9.17) is 11.6 Å². The zero-order valence-electron chi connectivity index (χ0n) is 8.98. The van der Waals surface area contributed by atoms with Gasteiger partial charge in [0, 0.05) is 12.6 Å². The van der Waals surface area contributed by atoms with Crippen LogP contribution in [0.3, 0.4) is 0 Å². The highest BCUT2D eigenvalue weighted by Gasteiger charge is 2.10. The molecule has 0 aliphatic rings. The fourth-order valence-corrected chi connectivity index (χ4v) is 1.69. The van der Waals surface area contributed by atoms with E-state index in [0.29, 0.717) is 17.1 Å². The number of aromatic nitrogens is 1. The highest BCUT2D eigenvalue weighted by molar-refractivity contribution is 6.30. The molecule has 2 aromatic rings. The molecule has 0 saturated heterocycles. The molecule has 1 aromatic carbocycles. The van der Waals surface area contributed by atoms with Gasteiger partial charge in [0.2, 0.25) is 0 Å². The highest BCUT2D eigenvalue weighted by atomic mass is 35.5. The lowest BCUT2D eigenvalue weighted by Crippen LogP contribution is -2.04. The van der Waals surface area contributed by atoms with E-state index in [9.17, 15) is 9.50 Å². The summed E-state index contributed by atoms with van der Waals surface area (Å²) >= 11 is 5.70. The first-order valence-corrected chi connectivity index (χ1v) is 5.57. The molecule has 0 aliphatic heterocycles. The van der Waals surface area contributed by atoms with Gasteiger partial charge in [-0.1, -0.05) is 23.7 Å². The molecule has 2 rings (SSSR count). The molecule has 0 fully saturated rings. The zero-order valence-corrected chi connectivity index (χ0v) is 9.73. The second kappa shape index (κ2) is 5.25. The molecule has 1 aromatic heterocycles. The summed E-state index contributed by atoms with van der Waals surface area (Å²) in [7, 11) is 0. The maximum atomic E-state index is 13.0.